The van der Waals surface area contributed by atoms with Gasteiger partial charge < -0.3 is 15.3 Å². The Bertz CT molecular complexity index is 1220. The standard InChI is InChI=1S/C18H25NS.C13H24N2O2.C4H5FO.CH4O/c1-6-13(4)17-10-16(18-14(5)19-11-20-18)8-7-15(17)9-12(2)3;1-9(16)10-7-6-8-15(10)12(17)11(14-5)13(2,3)4;5-4(3-6)1-2-4;1-2/h7-8,10-13H,6,9H2,1-5H3;10-11,14H,6-8H2,1-5H3;3H,1-2H2;2H,1H3. The first kappa shape index (κ1) is 40.5. The molecule has 3 atom stereocenters. The molecule has 4 rings (SSSR count). The van der Waals surface area contributed by atoms with Crippen molar-refractivity contribution in [1.82, 2.24) is 15.2 Å². The molecule has 45 heavy (non-hydrogen) atoms. The summed E-state index contributed by atoms with van der Waals surface area (Å²) < 4.78 is 11.9. The van der Waals surface area contributed by atoms with Crippen molar-refractivity contribution in [3.63, 3.8) is 0 Å². The number of carbonyl (C=O) groups excluding carboxylic acids is 3. The van der Waals surface area contributed by atoms with E-state index in [2.05, 4.69) is 63.1 Å². The molecule has 7 nitrogen and oxygen atoms in total. The van der Waals surface area contributed by atoms with E-state index < -0.39 is 5.67 Å². The molecular weight excluding hydrogens is 589 g/mol. The third-order valence-electron chi connectivity index (χ3n) is 8.27. The van der Waals surface area contributed by atoms with E-state index in [9.17, 15) is 18.8 Å². The third-order valence-corrected chi connectivity index (χ3v) is 9.25. The van der Waals surface area contributed by atoms with Gasteiger partial charge in [0, 0.05) is 13.7 Å². The molecule has 1 aliphatic heterocycles. The van der Waals surface area contributed by atoms with Gasteiger partial charge in [0.25, 0.3) is 0 Å². The number of aliphatic hydroxyl groups excluding tert-OH is 1. The first-order valence-corrected chi connectivity index (χ1v) is 17.1. The van der Waals surface area contributed by atoms with Crippen LogP contribution in [-0.4, -0.2) is 71.4 Å². The Hall–Kier alpha value is -2.49. The summed E-state index contributed by atoms with van der Waals surface area (Å²) in [6, 6.07) is 6.55. The number of likely N-dealkylation sites (N-methyl/N-ethyl adjacent to an activating group) is 1. The van der Waals surface area contributed by atoms with Gasteiger partial charge in [-0.3, -0.25) is 14.4 Å². The third kappa shape index (κ3) is 12.3. The van der Waals surface area contributed by atoms with Crippen LogP contribution < -0.4 is 5.32 Å². The van der Waals surface area contributed by atoms with Gasteiger partial charge in [0.1, 0.15) is 0 Å². The molecule has 0 bridgehead atoms. The summed E-state index contributed by atoms with van der Waals surface area (Å²) in [4.78, 5) is 40.9. The number of likely N-dealkylation sites (tertiary alicyclic amines) is 1. The van der Waals surface area contributed by atoms with Crippen LogP contribution in [0.25, 0.3) is 10.4 Å². The number of rotatable bonds is 9. The largest absolute Gasteiger partial charge is 0.400 e. The maximum Gasteiger partial charge on any atom is 0.240 e. The minimum absolute atomic E-state index is 0.0534. The van der Waals surface area contributed by atoms with Gasteiger partial charge in [-0.25, -0.2) is 9.37 Å². The van der Waals surface area contributed by atoms with E-state index in [-0.39, 0.29) is 29.2 Å². The normalized spacial score (nSPS) is 17.9. The Morgan fingerprint density at radius 2 is 1.84 bits per heavy atom. The molecule has 0 spiro atoms. The number of aldehydes is 1. The van der Waals surface area contributed by atoms with Crippen LogP contribution in [0.3, 0.4) is 0 Å². The number of alkyl halides is 1. The summed E-state index contributed by atoms with van der Waals surface area (Å²) in [5.41, 5.74) is 5.91. The summed E-state index contributed by atoms with van der Waals surface area (Å²) in [5.74, 6) is 1.48. The summed E-state index contributed by atoms with van der Waals surface area (Å²) in [7, 11) is 2.80. The van der Waals surface area contributed by atoms with Gasteiger partial charge in [-0.2, -0.15) is 0 Å². The lowest BCUT2D eigenvalue weighted by Crippen LogP contribution is -2.54. The second-order valence-corrected chi connectivity index (χ2v) is 14.5. The topological polar surface area (TPSA) is 99.6 Å². The van der Waals surface area contributed by atoms with Gasteiger partial charge in [-0.05, 0) is 99.4 Å². The highest BCUT2D eigenvalue weighted by molar-refractivity contribution is 7.13. The molecule has 2 fully saturated rings. The van der Waals surface area contributed by atoms with Gasteiger partial charge in [-0.1, -0.05) is 60.6 Å². The van der Waals surface area contributed by atoms with Crippen LogP contribution in [0.5, 0.6) is 0 Å². The fourth-order valence-electron chi connectivity index (χ4n) is 5.40. The minimum Gasteiger partial charge on any atom is -0.400 e. The Morgan fingerprint density at radius 1 is 1.22 bits per heavy atom. The molecule has 3 unspecified atom stereocenters. The molecule has 254 valence electrons. The van der Waals surface area contributed by atoms with Crippen LogP contribution >= 0.6 is 11.3 Å². The number of ketones is 1. The van der Waals surface area contributed by atoms with Crippen molar-refractivity contribution in [2.45, 2.75) is 125 Å². The maximum absolute atomic E-state index is 12.4. The predicted octanol–water partition coefficient (Wildman–Crippen LogP) is 7.33. The predicted molar refractivity (Wildman–Crippen MR) is 185 cm³/mol. The highest BCUT2D eigenvalue weighted by Crippen LogP contribution is 2.37. The molecule has 1 aromatic heterocycles. The van der Waals surface area contributed by atoms with Gasteiger partial charge in [0.15, 0.2) is 17.7 Å². The van der Waals surface area contributed by atoms with Crippen molar-refractivity contribution in [2.24, 2.45) is 11.3 Å². The maximum atomic E-state index is 12.4. The van der Waals surface area contributed by atoms with Crippen molar-refractivity contribution >= 4 is 29.3 Å². The summed E-state index contributed by atoms with van der Waals surface area (Å²) >= 11 is 1.74. The lowest BCUT2D eigenvalue weighted by Gasteiger charge is -2.34. The van der Waals surface area contributed by atoms with Crippen molar-refractivity contribution in [3.05, 3.63) is 40.5 Å². The van der Waals surface area contributed by atoms with Crippen molar-refractivity contribution in [3.8, 4) is 10.4 Å². The van der Waals surface area contributed by atoms with Gasteiger partial charge in [0.05, 0.1) is 28.2 Å². The lowest BCUT2D eigenvalue weighted by molar-refractivity contribution is -0.140. The number of hydrogen-bond acceptors (Lipinski definition) is 7. The number of carbonyl (C=O) groups is 3. The summed E-state index contributed by atoms with van der Waals surface area (Å²) in [5, 5.41) is 10.1. The lowest BCUT2D eigenvalue weighted by atomic mass is 9.85. The van der Waals surface area contributed by atoms with Crippen molar-refractivity contribution in [1.29, 1.82) is 0 Å². The van der Waals surface area contributed by atoms with E-state index in [0.29, 0.717) is 37.5 Å². The first-order valence-electron chi connectivity index (χ1n) is 16.2. The second kappa shape index (κ2) is 18.6. The zero-order valence-corrected chi connectivity index (χ0v) is 30.3. The van der Waals surface area contributed by atoms with E-state index in [0.717, 1.165) is 25.6 Å². The number of hydrogen-bond donors (Lipinski definition) is 2. The van der Waals surface area contributed by atoms with Crippen LogP contribution in [-0.2, 0) is 20.8 Å². The second-order valence-electron chi connectivity index (χ2n) is 13.6. The van der Waals surface area contributed by atoms with E-state index in [4.69, 9.17) is 5.11 Å². The number of aliphatic hydroxyl groups is 1. The molecule has 1 saturated carbocycles. The average molecular weight is 648 g/mol. The van der Waals surface area contributed by atoms with E-state index in [1.54, 1.807) is 30.2 Å². The molecule has 1 amide bonds. The van der Waals surface area contributed by atoms with Gasteiger partial charge in [-0.15, -0.1) is 11.3 Å². The highest BCUT2D eigenvalue weighted by atomic mass is 32.1. The molecule has 0 radical (unpaired) electrons. The van der Waals surface area contributed by atoms with E-state index in [1.165, 1.54) is 34.4 Å². The molecule has 2 aliphatic rings. The Kier molecular flexibility index (Phi) is 16.8. The molecule has 1 aromatic carbocycles. The zero-order chi connectivity index (χ0) is 34.5. The summed E-state index contributed by atoms with van der Waals surface area (Å²) in [6.45, 7) is 19.7. The quantitative estimate of drug-likeness (QED) is 0.277. The van der Waals surface area contributed by atoms with Gasteiger partial charge in [0.2, 0.25) is 5.91 Å². The highest BCUT2D eigenvalue weighted by Gasteiger charge is 2.43. The van der Waals surface area contributed by atoms with Crippen LogP contribution in [0.1, 0.15) is 110 Å². The van der Waals surface area contributed by atoms with Crippen molar-refractivity contribution < 1.29 is 23.9 Å². The number of aryl methyl sites for hydroxylation is 1. The Labute approximate surface area is 275 Å². The van der Waals surface area contributed by atoms with Crippen molar-refractivity contribution in [2.75, 3.05) is 20.7 Å². The number of amides is 1. The fourth-order valence-corrected chi connectivity index (χ4v) is 6.21. The Morgan fingerprint density at radius 3 is 2.24 bits per heavy atom. The smallest absolute Gasteiger partial charge is 0.240 e. The van der Waals surface area contributed by atoms with Crippen LogP contribution in [0.15, 0.2) is 23.7 Å². The number of Topliss-reactive ketones (excluding diaryl/α,β-unsaturated/α-hetero) is 1. The number of nitrogens with one attached hydrogen (secondary N) is 1. The monoisotopic (exact) mass is 647 g/mol. The molecule has 2 aromatic rings. The molecule has 2 N–H and O–H groups in total. The fraction of sp³-hybridized carbons (Fsp3) is 0.667. The average Bonchev–Trinajstić information content (AvgIpc) is 3.34. The number of thiazole rings is 1. The number of aromatic nitrogens is 1. The van der Waals surface area contributed by atoms with E-state index >= 15 is 0 Å². The van der Waals surface area contributed by atoms with Crippen LogP contribution in [0.2, 0.25) is 0 Å². The SMILES string of the molecule is CCC(C)c1cc(-c2scnc2C)ccc1CC(C)C.CNC(C(=O)N1CCCC1C(C)=O)C(C)(C)C.CO.O=CC1(F)CC1. The number of benzene rings is 1. The molecule has 1 aliphatic carbocycles. The molecule has 1 saturated heterocycles. The minimum atomic E-state index is -1.39. The molecular formula is C36H58FN3O4S. The Balaban J connectivity index is 0.000000365. The first-order chi connectivity index (χ1) is 21.1. The van der Waals surface area contributed by atoms with Crippen LogP contribution in [0.4, 0.5) is 4.39 Å². The van der Waals surface area contributed by atoms with Crippen LogP contribution in [0, 0.1) is 18.3 Å². The van der Waals surface area contributed by atoms with Gasteiger partial charge >= 0.3 is 0 Å². The number of halogens is 1. The molecule has 2 heterocycles. The zero-order valence-electron chi connectivity index (χ0n) is 29.5. The van der Waals surface area contributed by atoms with E-state index in [1.807, 2.05) is 26.3 Å². The summed E-state index contributed by atoms with van der Waals surface area (Å²) in [6.07, 6.45) is 5.36. The number of nitrogens with zero attached hydrogens (tertiary/aromatic N) is 2. The molecule has 9 heteroatoms.